The Morgan fingerprint density at radius 3 is 2.81 bits per heavy atom. The Kier molecular flexibility index (Phi) is 4.04. The van der Waals surface area contributed by atoms with Gasteiger partial charge in [-0.3, -0.25) is 0 Å². The van der Waals surface area contributed by atoms with E-state index in [1.807, 2.05) is 32.3 Å². The van der Waals surface area contributed by atoms with E-state index in [0.29, 0.717) is 13.2 Å². The maximum atomic E-state index is 6.15. The van der Waals surface area contributed by atoms with Crippen molar-refractivity contribution in [1.82, 2.24) is 0 Å². The van der Waals surface area contributed by atoms with Gasteiger partial charge in [-0.15, -0.1) is 0 Å². The van der Waals surface area contributed by atoms with Crippen molar-refractivity contribution in [2.24, 2.45) is 0 Å². The average Bonchev–Trinajstić information content (AvgIpc) is 2.47. The zero-order chi connectivity index (χ0) is 14.8. The first-order chi connectivity index (χ1) is 10.1. The summed E-state index contributed by atoms with van der Waals surface area (Å²) in [4.78, 5) is 2.08. The third-order valence-electron chi connectivity index (χ3n) is 3.74. The van der Waals surface area contributed by atoms with Crippen molar-refractivity contribution < 1.29 is 4.74 Å². The van der Waals surface area contributed by atoms with Gasteiger partial charge in [0.15, 0.2) is 0 Å². The Bertz CT molecular complexity index is 642. The van der Waals surface area contributed by atoms with Crippen LogP contribution in [-0.2, 0) is 11.3 Å². The zero-order valence-electron chi connectivity index (χ0n) is 12.3. The molecule has 0 spiro atoms. The van der Waals surface area contributed by atoms with Crippen molar-refractivity contribution in [3.63, 3.8) is 0 Å². The summed E-state index contributed by atoms with van der Waals surface area (Å²) in [7, 11) is 4.06. The fourth-order valence-corrected chi connectivity index (χ4v) is 2.88. The number of nitrogens with one attached hydrogen (secondary N) is 1. The van der Waals surface area contributed by atoms with Crippen LogP contribution >= 0.6 is 11.6 Å². The van der Waals surface area contributed by atoms with Crippen molar-refractivity contribution in [3.8, 4) is 0 Å². The van der Waals surface area contributed by atoms with E-state index in [1.165, 1.54) is 11.1 Å². The van der Waals surface area contributed by atoms with Crippen molar-refractivity contribution >= 4 is 23.0 Å². The maximum absolute atomic E-state index is 6.15. The lowest BCUT2D eigenvalue weighted by molar-refractivity contribution is 0.0970. The van der Waals surface area contributed by atoms with E-state index in [1.54, 1.807) is 0 Å². The molecule has 0 bridgehead atoms. The van der Waals surface area contributed by atoms with E-state index in [2.05, 4.69) is 34.5 Å². The molecule has 3 nitrogen and oxygen atoms in total. The van der Waals surface area contributed by atoms with Gasteiger partial charge in [-0.1, -0.05) is 35.9 Å². The van der Waals surface area contributed by atoms with Gasteiger partial charge in [-0.2, -0.15) is 0 Å². The smallest absolute Gasteiger partial charge is 0.0752 e. The Hall–Kier alpha value is -1.71. The number of hydrogen-bond donors (Lipinski definition) is 1. The largest absolute Gasteiger partial charge is 0.376 e. The highest BCUT2D eigenvalue weighted by atomic mass is 35.5. The molecule has 2 aromatic carbocycles. The SMILES string of the molecule is CN(C)c1ccc(Cl)cc1NC1COCc2ccccc21. The molecule has 0 radical (unpaired) electrons. The van der Waals surface area contributed by atoms with Crippen LogP contribution in [0.4, 0.5) is 11.4 Å². The van der Waals surface area contributed by atoms with Crippen LogP contribution in [-0.4, -0.2) is 20.7 Å². The predicted octanol–water partition coefficient (Wildman–Crippen LogP) is 4.09. The highest BCUT2D eigenvalue weighted by Gasteiger charge is 2.21. The van der Waals surface area contributed by atoms with E-state index in [9.17, 15) is 0 Å². The lowest BCUT2D eigenvalue weighted by Gasteiger charge is -2.29. The molecule has 1 N–H and O–H groups in total. The van der Waals surface area contributed by atoms with E-state index in [0.717, 1.165) is 16.4 Å². The van der Waals surface area contributed by atoms with Crippen LogP contribution in [0.2, 0.25) is 5.02 Å². The van der Waals surface area contributed by atoms with Crippen LogP contribution in [0.5, 0.6) is 0 Å². The van der Waals surface area contributed by atoms with Gasteiger partial charge in [0.1, 0.15) is 0 Å². The molecule has 0 aliphatic carbocycles. The second-order valence-electron chi connectivity index (χ2n) is 5.47. The van der Waals surface area contributed by atoms with Gasteiger partial charge in [0.25, 0.3) is 0 Å². The van der Waals surface area contributed by atoms with Crippen LogP contribution in [0.15, 0.2) is 42.5 Å². The summed E-state index contributed by atoms with van der Waals surface area (Å²) in [6, 6.07) is 14.5. The van der Waals surface area contributed by atoms with E-state index < -0.39 is 0 Å². The molecular weight excluding hydrogens is 284 g/mol. The molecular formula is C17H19ClN2O. The Morgan fingerprint density at radius 2 is 2.00 bits per heavy atom. The molecule has 0 amide bonds. The number of rotatable bonds is 3. The average molecular weight is 303 g/mol. The molecule has 0 fully saturated rings. The topological polar surface area (TPSA) is 24.5 Å². The minimum atomic E-state index is 0.145. The molecule has 1 aliphatic heterocycles. The molecule has 1 atom stereocenters. The highest BCUT2D eigenvalue weighted by Crippen LogP contribution is 2.33. The van der Waals surface area contributed by atoms with Crippen LogP contribution in [0.1, 0.15) is 17.2 Å². The third-order valence-corrected chi connectivity index (χ3v) is 3.98. The maximum Gasteiger partial charge on any atom is 0.0752 e. The molecule has 1 unspecified atom stereocenters. The van der Waals surface area contributed by atoms with Crippen LogP contribution in [0.25, 0.3) is 0 Å². The number of benzene rings is 2. The van der Waals surface area contributed by atoms with Gasteiger partial charge in [-0.25, -0.2) is 0 Å². The number of anilines is 2. The second-order valence-corrected chi connectivity index (χ2v) is 5.90. The number of halogens is 1. The molecule has 4 heteroatoms. The Labute approximate surface area is 130 Å². The van der Waals surface area contributed by atoms with Crippen molar-refractivity contribution in [2.75, 3.05) is 30.9 Å². The van der Waals surface area contributed by atoms with Crippen molar-refractivity contribution in [3.05, 3.63) is 58.6 Å². The standard InChI is InChI=1S/C17H19ClN2O/c1-20(2)17-8-7-13(18)9-15(17)19-16-11-21-10-12-5-3-4-6-14(12)16/h3-9,16,19H,10-11H2,1-2H3. The van der Waals surface area contributed by atoms with Gasteiger partial charge in [-0.05, 0) is 29.3 Å². The van der Waals surface area contributed by atoms with Gasteiger partial charge in [0.05, 0.1) is 30.6 Å². The first-order valence-electron chi connectivity index (χ1n) is 7.04. The number of ether oxygens (including phenoxy) is 1. The van der Waals surface area contributed by atoms with Crippen LogP contribution in [0.3, 0.4) is 0 Å². The third kappa shape index (κ3) is 2.99. The first kappa shape index (κ1) is 14.2. The fourth-order valence-electron chi connectivity index (χ4n) is 2.70. The zero-order valence-corrected chi connectivity index (χ0v) is 13.0. The Morgan fingerprint density at radius 1 is 1.19 bits per heavy atom. The van der Waals surface area contributed by atoms with Crippen LogP contribution in [0, 0.1) is 0 Å². The fraction of sp³-hybridized carbons (Fsp3) is 0.294. The van der Waals surface area contributed by atoms with Gasteiger partial charge >= 0.3 is 0 Å². The summed E-state index contributed by atoms with van der Waals surface area (Å²) < 4.78 is 5.70. The van der Waals surface area contributed by atoms with E-state index in [-0.39, 0.29) is 6.04 Å². The lowest BCUT2D eigenvalue weighted by Crippen LogP contribution is -2.24. The monoisotopic (exact) mass is 302 g/mol. The second kappa shape index (κ2) is 5.96. The van der Waals surface area contributed by atoms with Crippen LogP contribution < -0.4 is 10.2 Å². The van der Waals surface area contributed by atoms with Gasteiger partial charge in [0.2, 0.25) is 0 Å². The molecule has 2 aromatic rings. The summed E-state index contributed by atoms with van der Waals surface area (Å²) in [6.45, 7) is 1.35. The molecule has 1 heterocycles. The predicted molar refractivity (Wildman–Crippen MR) is 88.2 cm³/mol. The molecule has 1 aliphatic rings. The minimum Gasteiger partial charge on any atom is -0.376 e. The van der Waals surface area contributed by atoms with Crippen molar-refractivity contribution in [1.29, 1.82) is 0 Å². The highest BCUT2D eigenvalue weighted by molar-refractivity contribution is 6.31. The molecule has 3 rings (SSSR count). The van der Waals surface area contributed by atoms with Gasteiger partial charge in [0, 0.05) is 19.1 Å². The Balaban J connectivity index is 1.93. The summed E-state index contributed by atoms with van der Waals surface area (Å²) in [5, 5.41) is 4.31. The number of hydrogen-bond acceptors (Lipinski definition) is 3. The quantitative estimate of drug-likeness (QED) is 0.924. The summed E-state index contributed by atoms with van der Waals surface area (Å²) in [6.07, 6.45) is 0. The van der Waals surface area contributed by atoms with E-state index in [4.69, 9.17) is 16.3 Å². The summed E-state index contributed by atoms with van der Waals surface area (Å²) in [5.41, 5.74) is 4.68. The lowest BCUT2D eigenvalue weighted by atomic mass is 9.99. The molecule has 21 heavy (non-hydrogen) atoms. The molecule has 110 valence electrons. The molecule has 0 aromatic heterocycles. The number of nitrogens with zero attached hydrogens (tertiary/aromatic N) is 1. The van der Waals surface area contributed by atoms with E-state index >= 15 is 0 Å². The minimum absolute atomic E-state index is 0.145. The number of fused-ring (bicyclic) bond motifs is 1. The molecule has 0 saturated heterocycles. The molecule has 0 saturated carbocycles. The normalized spacial score (nSPS) is 17.2. The van der Waals surface area contributed by atoms with Crippen molar-refractivity contribution in [2.45, 2.75) is 12.6 Å². The first-order valence-corrected chi connectivity index (χ1v) is 7.42. The van der Waals surface area contributed by atoms with Gasteiger partial charge < -0.3 is 15.0 Å². The summed E-state index contributed by atoms with van der Waals surface area (Å²) >= 11 is 6.15. The summed E-state index contributed by atoms with van der Waals surface area (Å²) in [5.74, 6) is 0.